The van der Waals surface area contributed by atoms with E-state index < -0.39 is 29.0 Å². The minimum absolute atomic E-state index is 0.440. The van der Waals surface area contributed by atoms with E-state index >= 15 is 0 Å². The third kappa shape index (κ3) is 23.9. The smallest absolute Gasteiger partial charge is 0.466 e. The molecule has 46 heavy (non-hydrogen) atoms. The number of phenols is 1. The molecule has 0 amide bonds. The second-order valence-electron chi connectivity index (χ2n) is 13.2. The zero-order valence-electron chi connectivity index (χ0n) is 30.2. The number of phosphoric acid groups is 1. The van der Waals surface area contributed by atoms with E-state index in [1.54, 1.807) is 0 Å². The van der Waals surface area contributed by atoms with Gasteiger partial charge in [-0.15, -0.1) is 0 Å². The number of phenolic OH excluding ortho intramolecular Hbond substituents is 1. The highest BCUT2D eigenvalue weighted by atomic mass is 127. The Hall–Kier alpha value is -0.340. The van der Waals surface area contributed by atoms with Crippen LogP contribution in [0.2, 0.25) is 0 Å². The molecule has 1 aromatic rings. The number of hydrogen-bond donors (Lipinski definition) is 4. The van der Waals surface area contributed by atoms with Crippen LogP contribution in [0.15, 0.2) is 0 Å². The average Bonchev–Trinajstić information content (AvgIpc) is 3.01. The van der Waals surface area contributed by atoms with E-state index in [4.69, 9.17) is 19.2 Å². The van der Waals surface area contributed by atoms with Crippen molar-refractivity contribution in [1.29, 1.82) is 0 Å². The van der Waals surface area contributed by atoms with Crippen molar-refractivity contribution < 1.29 is 27.4 Å². The first-order valence-corrected chi connectivity index (χ1v) is 22.6. The molecule has 0 spiro atoms. The Labute approximate surface area is 294 Å². The third-order valence-electron chi connectivity index (χ3n) is 9.05. The maximum absolute atomic E-state index is 12.8. The van der Waals surface area contributed by atoms with Gasteiger partial charge >= 0.3 is 7.82 Å². The Morgan fingerprint density at radius 3 is 0.978 bits per heavy atom. The maximum Gasteiger partial charge on any atom is 0.466 e. The topological polar surface area (TPSA) is 115 Å². The second-order valence-corrected chi connectivity index (χ2v) is 15.8. The van der Waals surface area contributed by atoms with E-state index in [2.05, 4.69) is 27.7 Å². The van der Waals surface area contributed by atoms with Crippen LogP contribution in [-0.2, 0) is 33.3 Å². The van der Waals surface area contributed by atoms with Gasteiger partial charge in [-0.25, -0.2) is 4.57 Å². The summed E-state index contributed by atoms with van der Waals surface area (Å²) >= 11 is -1.39. The molecule has 1 aromatic carbocycles. The molecule has 6 nitrogen and oxygen atoms in total. The van der Waals surface area contributed by atoms with E-state index in [0.29, 0.717) is 5.75 Å². The van der Waals surface area contributed by atoms with Crippen molar-refractivity contribution in [3.8, 4) is 5.75 Å². The molecule has 0 fully saturated rings. The normalized spacial score (nSPS) is 11.5. The van der Waals surface area contributed by atoms with Crippen molar-refractivity contribution in [2.45, 2.75) is 207 Å². The fourth-order valence-electron chi connectivity index (χ4n) is 6.46. The van der Waals surface area contributed by atoms with Crippen molar-refractivity contribution >= 4 is 29.0 Å². The van der Waals surface area contributed by atoms with E-state index in [0.717, 1.165) is 42.1 Å². The van der Waals surface area contributed by atoms with Crippen LogP contribution in [0.5, 0.6) is 5.75 Å². The van der Waals surface area contributed by atoms with Gasteiger partial charge in [0.15, 0.2) is 21.2 Å². The molecule has 0 aliphatic rings. The Morgan fingerprint density at radius 1 is 0.435 bits per heavy atom. The zero-order valence-corrected chi connectivity index (χ0v) is 33.3. The molecule has 8 heteroatoms. The van der Waals surface area contributed by atoms with E-state index in [-0.39, 0.29) is 0 Å². The van der Waals surface area contributed by atoms with Gasteiger partial charge < -0.3 is 19.8 Å². The molecule has 0 atom stereocenters. The first-order valence-electron chi connectivity index (χ1n) is 19.1. The second kappa shape index (κ2) is 30.7. The summed E-state index contributed by atoms with van der Waals surface area (Å²) in [6, 6.07) is 0. The summed E-state index contributed by atoms with van der Waals surface area (Å²) in [5.41, 5.74) is 5.49. The monoisotopic (exact) mass is 782 g/mol. The lowest BCUT2D eigenvalue weighted by Crippen LogP contribution is -2.10. The number of halogens is 1. The minimum atomic E-state index is -4.64. The molecule has 1 rings (SSSR count). The molecular formula is C38H72IO6P. The van der Waals surface area contributed by atoms with Crippen LogP contribution in [0.3, 0.4) is 0 Å². The van der Waals surface area contributed by atoms with E-state index in [1.165, 1.54) is 164 Å². The predicted octanol–water partition coefficient (Wildman–Crippen LogP) is 12.6. The van der Waals surface area contributed by atoms with E-state index in [9.17, 15) is 8.18 Å². The van der Waals surface area contributed by atoms with Crippen LogP contribution in [-0.4, -0.2) is 19.8 Å². The highest BCUT2D eigenvalue weighted by Gasteiger charge is 2.23. The van der Waals surface area contributed by atoms with Crippen LogP contribution >= 0.6 is 29.0 Å². The van der Waals surface area contributed by atoms with Gasteiger partial charge in [0.25, 0.3) is 0 Å². The largest absolute Gasteiger partial charge is 0.506 e. The van der Waals surface area contributed by atoms with Crippen LogP contribution in [0.4, 0.5) is 0 Å². The molecule has 0 saturated carbocycles. The van der Waals surface area contributed by atoms with Gasteiger partial charge in [0.05, 0.1) is 3.57 Å². The van der Waals surface area contributed by atoms with Gasteiger partial charge in [0.1, 0.15) is 5.75 Å². The summed E-state index contributed by atoms with van der Waals surface area (Å²) in [6.45, 7) is 9.13. The number of rotatable bonds is 29. The molecule has 0 aliphatic carbocycles. The summed E-state index contributed by atoms with van der Waals surface area (Å²) in [4.78, 5) is 21.6. The molecule has 272 valence electrons. The summed E-state index contributed by atoms with van der Waals surface area (Å²) in [7, 11) is -4.64. The van der Waals surface area contributed by atoms with Crippen molar-refractivity contribution in [1.82, 2.24) is 0 Å². The number of benzene rings is 1. The summed E-state index contributed by atoms with van der Waals surface area (Å²) in [5.74, 6) is 0.440. The van der Waals surface area contributed by atoms with E-state index in [1.807, 2.05) is 0 Å². The zero-order chi connectivity index (χ0) is 34.5. The van der Waals surface area contributed by atoms with Gasteiger partial charge in [0.2, 0.25) is 0 Å². The Kier molecular flexibility index (Phi) is 30.5. The fourth-order valence-corrected chi connectivity index (χ4v) is 7.86. The molecule has 0 aliphatic heterocycles. The van der Waals surface area contributed by atoms with Crippen molar-refractivity contribution in [2.75, 3.05) is 0 Å². The molecule has 0 unspecified atom stereocenters. The number of unbranched alkanes of at least 4 members (excludes halogenated alkanes) is 20. The first kappa shape index (κ1) is 45.7. The summed E-state index contributed by atoms with van der Waals surface area (Å²) in [6.07, 6.45) is 35.1. The molecular weight excluding hydrogens is 710 g/mol. The van der Waals surface area contributed by atoms with Gasteiger partial charge in [-0.3, -0.25) is 3.07 Å². The van der Waals surface area contributed by atoms with Crippen LogP contribution in [0.25, 0.3) is 0 Å². The number of hydrogen-bond acceptors (Lipinski definition) is 3. The van der Waals surface area contributed by atoms with Crippen molar-refractivity contribution in [3.05, 3.63) is 25.8 Å². The lowest BCUT2D eigenvalue weighted by Gasteiger charge is -2.23. The van der Waals surface area contributed by atoms with Gasteiger partial charge in [0, 0.05) is 0 Å². The van der Waals surface area contributed by atoms with Crippen LogP contribution in [0.1, 0.15) is 204 Å². The molecule has 0 heterocycles. The molecule has 0 radical (unpaired) electrons. The van der Waals surface area contributed by atoms with Crippen molar-refractivity contribution in [2.24, 2.45) is 0 Å². The highest BCUT2D eigenvalue weighted by molar-refractivity contribution is 14.1. The highest BCUT2D eigenvalue weighted by Crippen LogP contribution is 2.40. The lowest BCUT2D eigenvalue weighted by molar-refractivity contribution is 0.275. The summed E-state index contributed by atoms with van der Waals surface area (Å²) < 4.78 is 22.5. The first-order chi connectivity index (χ1) is 22.2. The number of aromatic hydroxyl groups is 1. The quantitative estimate of drug-likeness (QED) is 0.0365. The van der Waals surface area contributed by atoms with Gasteiger partial charge in [-0.1, -0.05) is 156 Å². The SMILES string of the molecule is CCCCCCCCc1c(O)c(I=O)c(CCCCCCCC)c(CCCCCCCC)c1CCCCCCCC.O=P(O)(O)O. The third-order valence-corrected chi connectivity index (χ3v) is 10.7. The summed E-state index contributed by atoms with van der Waals surface area (Å²) in [5, 5.41) is 11.7. The maximum atomic E-state index is 12.8. The Morgan fingerprint density at radius 2 is 0.674 bits per heavy atom. The minimum Gasteiger partial charge on any atom is -0.506 e. The van der Waals surface area contributed by atoms with Crippen molar-refractivity contribution in [3.63, 3.8) is 0 Å². The van der Waals surface area contributed by atoms with Crippen LogP contribution in [0, 0.1) is 3.57 Å². The van der Waals surface area contributed by atoms with Gasteiger partial charge in [-0.05, 0) is 73.6 Å². The standard InChI is InChI=1S/C38H69IO2.H3O4P/c1-5-9-13-17-21-25-29-33-34(30-26-22-18-14-10-6-2)36(32-28-24-20-16-12-8-4)38(40)37(39-41)35(33)31-27-23-19-15-11-7-3;1-5(2,3)4/h40H,5-32H2,1-4H3;(H3,1,2,3,4). The fraction of sp³-hybridized carbons (Fsp3) is 0.842. The molecule has 4 N–H and O–H groups in total. The average molecular weight is 783 g/mol. The Balaban J connectivity index is 0.00000373. The van der Waals surface area contributed by atoms with Gasteiger partial charge in [-0.2, -0.15) is 0 Å². The molecule has 0 bridgehead atoms. The Bertz CT molecular complexity index is 924. The predicted molar refractivity (Wildman–Crippen MR) is 204 cm³/mol. The molecule has 0 saturated heterocycles. The molecule has 0 aromatic heterocycles. The lowest BCUT2D eigenvalue weighted by atomic mass is 9.85. The van der Waals surface area contributed by atoms with Crippen LogP contribution < -0.4 is 0 Å².